The number of sulfonamides is 1. The van der Waals surface area contributed by atoms with Gasteiger partial charge in [-0.05, 0) is 39.8 Å². The van der Waals surface area contributed by atoms with Gasteiger partial charge in [0, 0.05) is 12.4 Å². The number of ether oxygens (including phenoxy) is 1. The molecule has 1 rings (SSSR count). The summed E-state index contributed by atoms with van der Waals surface area (Å²) < 4.78 is 31.3. The van der Waals surface area contributed by atoms with Crippen LogP contribution in [-0.2, 0) is 19.6 Å². The van der Waals surface area contributed by atoms with Crippen LogP contribution in [0.1, 0.15) is 27.7 Å². The van der Waals surface area contributed by atoms with Crippen molar-refractivity contribution in [3.63, 3.8) is 0 Å². The number of aromatic nitrogens is 1. The molecular formula is C12H18N2O4S. The summed E-state index contributed by atoms with van der Waals surface area (Å²) >= 11 is 0. The molecule has 1 aromatic heterocycles. The van der Waals surface area contributed by atoms with Crippen LogP contribution in [-0.4, -0.2) is 31.0 Å². The second-order valence-electron chi connectivity index (χ2n) is 5.07. The molecular weight excluding hydrogens is 268 g/mol. The minimum atomic E-state index is -3.77. The van der Waals surface area contributed by atoms with Crippen LogP contribution in [0.2, 0.25) is 0 Å². The van der Waals surface area contributed by atoms with E-state index in [2.05, 4.69) is 9.71 Å². The first kappa shape index (κ1) is 15.6. The first-order chi connectivity index (χ1) is 8.62. The monoisotopic (exact) mass is 286 g/mol. The molecule has 7 heteroatoms. The maximum absolute atomic E-state index is 12.0. The smallest absolute Gasteiger partial charge is 0.324 e. The molecule has 0 radical (unpaired) electrons. The number of pyridine rings is 1. The molecule has 1 aromatic rings. The summed E-state index contributed by atoms with van der Waals surface area (Å²) in [6.07, 6.45) is 2.68. The van der Waals surface area contributed by atoms with Crippen LogP contribution in [0, 0.1) is 0 Å². The first-order valence-corrected chi connectivity index (χ1v) is 7.25. The molecule has 0 aromatic carbocycles. The summed E-state index contributed by atoms with van der Waals surface area (Å²) in [7, 11) is -3.77. The van der Waals surface area contributed by atoms with Gasteiger partial charge in [-0.15, -0.1) is 0 Å². The zero-order valence-electron chi connectivity index (χ0n) is 11.4. The van der Waals surface area contributed by atoms with Crippen LogP contribution in [0.25, 0.3) is 0 Å². The standard InChI is InChI=1S/C12H18N2O4S/c1-9(11(15)18-12(2,3)4)14-19(16,17)10-6-5-7-13-8-10/h5-9,14H,1-4H3/t9-/m0/s1. The van der Waals surface area contributed by atoms with E-state index >= 15 is 0 Å². The third-order valence-corrected chi connectivity index (χ3v) is 3.56. The predicted molar refractivity (Wildman–Crippen MR) is 69.9 cm³/mol. The van der Waals surface area contributed by atoms with E-state index in [4.69, 9.17) is 4.74 Å². The molecule has 6 nitrogen and oxygen atoms in total. The maximum Gasteiger partial charge on any atom is 0.324 e. The lowest BCUT2D eigenvalue weighted by Gasteiger charge is -2.22. The third kappa shape index (κ3) is 4.96. The Kier molecular flexibility index (Phi) is 4.65. The van der Waals surface area contributed by atoms with Gasteiger partial charge in [0.1, 0.15) is 16.5 Å². The molecule has 0 saturated carbocycles. The summed E-state index contributed by atoms with van der Waals surface area (Å²) in [6.45, 7) is 6.58. The molecule has 106 valence electrons. The number of carbonyl (C=O) groups excluding carboxylic acids is 1. The Hall–Kier alpha value is -1.47. The lowest BCUT2D eigenvalue weighted by atomic mass is 10.2. The summed E-state index contributed by atoms with van der Waals surface area (Å²) in [4.78, 5) is 15.4. The van der Waals surface area contributed by atoms with Crippen molar-refractivity contribution < 1.29 is 17.9 Å². The fourth-order valence-corrected chi connectivity index (χ4v) is 2.40. The average Bonchev–Trinajstić information content (AvgIpc) is 2.27. The molecule has 0 bridgehead atoms. The molecule has 0 unspecified atom stereocenters. The minimum absolute atomic E-state index is 0.00501. The lowest BCUT2D eigenvalue weighted by Crippen LogP contribution is -2.42. The molecule has 19 heavy (non-hydrogen) atoms. The maximum atomic E-state index is 12.0. The molecule has 0 aliphatic rings. The van der Waals surface area contributed by atoms with E-state index in [1.807, 2.05) is 0 Å². The Morgan fingerprint density at radius 1 is 1.42 bits per heavy atom. The van der Waals surface area contributed by atoms with Gasteiger partial charge < -0.3 is 4.74 Å². The molecule has 1 atom stereocenters. The Labute approximate surface area is 113 Å². The van der Waals surface area contributed by atoms with Crippen LogP contribution in [0.3, 0.4) is 0 Å². The lowest BCUT2D eigenvalue weighted by molar-refractivity contribution is -0.156. The van der Waals surface area contributed by atoms with Crippen molar-refractivity contribution in [1.82, 2.24) is 9.71 Å². The van der Waals surface area contributed by atoms with Crippen molar-refractivity contribution in [2.75, 3.05) is 0 Å². The summed E-state index contributed by atoms with van der Waals surface area (Å²) in [5.74, 6) is -0.625. The van der Waals surface area contributed by atoms with Gasteiger partial charge in [-0.3, -0.25) is 9.78 Å². The number of carbonyl (C=O) groups is 1. The summed E-state index contributed by atoms with van der Waals surface area (Å²) in [5, 5.41) is 0. The van der Waals surface area contributed by atoms with E-state index in [1.165, 1.54) is 31.5 Å². The molecule has 0 amide bonds. The van der Waals surface area contributed by atoms with Crippen LogP contribution in [0.5, 0.6) is 0 Å². The fraction of sp³-hybridized carbons (Fsp3) is 0.500. The highest BCUT2D eigenvalue weighted by molar-refractivity contribution is 7.89. The van der Waals surface area contributed by atoms with Crippen molar-refractivity contribution in [3.05, 3.63) is 24.5 Å². The van der Waals surface area contributed by atoms with Gasteiger partial charge in [0.2, 0.25) is 10.0 Å². The van der Waals surface area contributed by atoms with Crippen molar-refractivity contribution in [2.45, 2.75) is 44.2 Å². The van der Waals surface area contributed by atoms with Crippen LogP contribution >= 0.6 is 0 Å². The van der Waals surface area contributed by atoms with Crippen LogP contribution in [0.15, 0.2) is 29.4 Å². The number of hydrogen-bond acceptors (Lipinski definition) is 5. The van der Waals surface area contributed by atoms with E-state index < -0.39 is 27.6 Å². The van der Waals surface area contributed by atoms with E-state index in [-0.39, 0.29) is 4.90 Å². The van der Waals surface area contributed by atoms with E-state index in [0.717, 1.165) is 0 Å². The van der Waals surface area contributed by atoms with E-state index in [9.17, 15) is 13.2 Å². The van der Waals surface area contributed by atoms with Gasteiger partial charge in [-0.25, -0.2) is 8.42 Å². The Bertz CT molecular complexity index is 535. The van der Waals surface area contributed by atoms with E-state index in [1.54, 1.807) is 20.8 Å². The SMILES string of the molecule is C[C@H](NS(=O)(=O)c1cccnc1)C(=O)OC(C)(C)C. The van der Waals surface area contributed by atoms with Gasteiger partial charge >= 0.3 is 5.97 Å². The van der Waals surface area contributed by atoms with E-state index in [0.29, 0.717) is 0 Å². The second kappa shape index (κ2) is 5.66. The Morgan fingerprint density at radius 3 is 2.53 bits per heavy atom. The van der Waals surface area contributed by atoms with Gasteiger partial charge in [-0.1, -0.05) is 0 Å². The molecule has 0 saturated heterocycles. The molecule has 1 N–H and O–H groups in total. The number of rotatable bonds is 4. The molecule has 0 aliphatic heterocycles. The first-order valence-electron chi connectivity index (χ1n) is 5.77. The normalized spacial score (nSPS) is 13.9. The van der Waals surface area contributed by atoms with Crippen molar-refractivity contribution in [1.29, 1.82) is 0 Å². The average molecular weight is 286 g/mol. The highest BCUT2D eigenvalue weighted by Crippen LogP contribution is 2.10. The van der Waals surface area contributed by atoms with Crippen molar-refractivity contribution in [3.8, 4) is 0 Å². The van der Waals surface area contributed by atoms with Crippen LogP contribution in [0.4, 0.5) is 0 Å². The minimum Gasteiger partial charge on any atom is -0.459 e. The molecule has 0 fully saturated rings. The number of hydrogen-bond donors (Lipinski definition) is 1. The quantitative estimate of drug-likeness (QED) is 0.837. The predicted octanol–water partition coefficient (Wildman–Crippen LogP) is 1.09. The number of nitrogens with zero attached hydrogens (tertiary/aromatic N) is 1. The summed E-state index contributed by atoms with van der Waals surface area (Å²) in [5.41, 5.74) is -0.662. The largest absolute Gasteiger partial charge is 0.459 e. The highest BCUT2D eigenvalue weighted by Gasteiger charge is 2.26. The fourth-order valence-electron chi connectivity index (χ4n) is 1.25. The van der Waals surface area contributed by atoms with Crippen molar-refractivity contribution in [2.24, 2.45) is 0 Å². The zero-order chi connectivity index (χ0) is 14.7. The van der Waals surface area contributed by atoms with Gasteiger partial charge in [-0.2, -0.15) is 4.72 Å². The van der Waals surface area contributed by atoms with Crippen molar-refractivity contribution >= 4 is 16.0 Å². The van der Waals surface area contributed by atoms with Gasteiger partial charge in [0.15, 0.2) is 0 Å². The topological polar surface area (TPSA) is 85.4 Å². The number of esters is 1. The van der Waals surface area contributed by atoms with Gasteiger partial charge in [0.05, 0.1) is 0 Å². The second-order valence-corrected chi connectivity index (χ2v) is 6.78. The Balaban J connectivity index is 2.77. The third-order valence-electron chi connectivity index (χ3n) is 2.04. The summed E-state index contributed by atoms with van der Waals surface area (Å²) in [6, 6.07) is 1.94. The van der Waals surface area contributed by atoms with Crippen LogP contribution < -0.4 is 4.72 Å². The molecule has 1 heterocycles. The molecule has 0 spiro atoms. The highest BCUT2D eigenvalue weighted by atomic mass is 32.2. The van der Waals surface area contributed by atoms with Gasteiger partial charge in [0.25, 0.3) is 0 Å². The Morgan fingerprint density at radius 2 is 2.05 bits per heavy atom. The number of nitrogens with one attached hydrogen (secondary N) is 1. The zero-order valence-corrected chi connectivity index (χ0v) is 12.2. The molecule has 0 aliphatic carbocycles.